The third-order valence-corrected chi connectivity index (χ3v) is 5.66. The average Bonchev–Trinajstić information content (AvgIpc) is 2.55. The summed E-state index contributed by atoms with van der Waals surface area (Å²) in [5, 5.41) is 2.82. The normalized spacial score (nSPS) is 14.4. The van der Waals surface area contributed by atoms with Gasteiger partial charge in [-0.2, -0.15) is 0 Å². The van der Waals surface area contributed by atoms with E-state index < -0.39 is 10.0 Å². The fourth-order valence-corrected chi connectivity index (χ4v) is 3.62. The van der Waals surface area contributed by atoms with Gasteiger partial charge in [-0.3, -0.25) is 9.52 Å². The number of anilines is 2. The Hall–Kier alpha value is -2.54. The molecule has 2 N–H and O–H groups in total. The number of methoxy groups -OCH3 is 1. The molecule has 0 saturated heterocycles. The first-order chi connectivity index (χ1) is 12.0. The van der Waals surface area contributed by atoms with Crippen molar-refractivity contribution in [3.8, 4) is 5.75 Å². The molecule has 7 heteroatoms. The third kappa shape index (κ3) is 3.93. The first-order valence-electron chi connectivity index (χ1n) is 8.06. The number of carbonyl (C=O) groups is 1. The summed E-state index contributed by atoms with van der Waals surface area (Å²) < 4.78 is 32.7. The second-order valence-electron chi connectivity index (χ2n) is 5.94. The highest BCUT2D eigenvalue weighted by Gasteiger charge is 2.26. The molecule has 1 fully saturated rings. The molecule has 1 saturated carbocycles. The van der Waals surface area contributed by atoms with E-state index in [9.17, 15) is 13.2 Å². The summed E-state index contributed by atoms with van der Waals surface area (Å²) in [6, 6.07) is 12.9. The predicted octanol–water partition coefficient (Wildman–Crippen LogP) is 3.23. The Balaban J connectivity index is 1.80. The standard InChI is InChI=1S/C18H20N2O4S/c1-24-14-9-11-15(12-10-14)25(22,23)20-17-8-3-2-7-16(17)19-18(21)13-5-4-6-13/h2-3,7-13,20H,4-6H2,1H3,(H,19,21). The Bertz CT molecular complexity index is 859. The van der Waals surface area contributed by atoms with E-state index in [2.05, 4.69) is 10.0 Å². The second kappa shape index (κ2) is 7.14. The van der Waals surface area contributed by atoms with Crippen LogP contribution in [0.3, 0.4) is 0 Å². The lowest BCUT2D eigenvalue weighted by Crippen LogP contribution is -2.28. The van der Waals surface area contributed by atoms with Crippen LogP contribution < -0.4 is 14.8 Å². The smallest absolute Gasteiger partial charge is 0.261 e. The lowest BCUT2D eigenvalue weighted by atomic mass is 9.85. The van der Waals surface area contributed by atoms with Gasteiger partial charge < -0.3 is 10.1 Å². The van der Waals surface area contributed by atoms with Crippen molar-refractivity contribution >= 4 is 27.3 Å². The van der Waals surface area contributed by atoms with Crippen LogP contribution in [0.4, 0.5) is 11.4 Å². The van der Waals surface area contributed by atoms with Gasteiger partial charge in [0.15, 0.2) is 0 Å². The van der Waals surface area contributed by atoms with Crippen LogP contribution in [-0.2, 0) is 14.8 Å². The molecule has 132 valence electrons. The monoisotopic (exact) mass is 360 g/mol. The number of carbonyl (C=O) groups excluding carboxylic acids is 1. The van der Waals surface area contributed by atoms with Crippen molar-refractivity contribution in [2.24, 2.45) is 5.92 Å². The summed E-state index contributed by atoms with van der Waals surface area (Å²) >= 11 is 0. The van der Waals surface area contributed by atoms with E-state index in [1.54, 1.807) is 36.4 Å². The van der Waals surface area contributed by atoms with Gasteiger partial charge in [0.25, 0.3) is 10.0 Å². The minimum absolute atomic E-state index is 0.0197. The van der Waals surface area contributed by atoms with Crippen molar-refractivity contribution in [3.63, 3.8) is 0 Å². The number of hydrogen-bond acceptors (Lipinski definition) is 4. The Morgan fingerprint density at radius 3 is 2.24 bits per heavy atom. The lowest BCUT2D eigenvalue weighted by Gasteiger charge is -2.24. The van der Waals surface area contributed by atoms with E-state index in [1.165, 1.54) is 19.2 Å². The van der Waals surface area contributed by atoms with Gasteiger partial charge in [0, 0.05) is 5.92 Å². The van der Waals surface area contributed by atoms with Crippen LogP contribution in [0, 0.1) is 5.92 Å². The molecule has 3 rings (SSSR count). The molecule has 0 heterocycles. The van der Waals surface area contributed by atoms with E-state index in [4.69, 9.17) is 4.74 Å². The molecule has 6 nitrogen and oxygen atoms in total. The van der Waals surface area contributed by atoms with Crippen LogP contribution >= 0.6 is 0 Å². The van der Waals surface area contributed by atoms with Gasteiger partial charge in [0.05, 0.1) is 23.4 Å². The number of para-hydroxylation sites is 2. The number of rotatable bonds is 6. The largest absolute Gasteiger partial charge is 0.497 e. The SMILES string of the molecule is COc1ccc(S(=O)(=O)Nc2ccccc2NC(=O)C2CCC2)cc1. The zero-order valence-corrected chi connectivity index (χ0v) is 14.7. The summed E-state index contributed by atoms with van der Waals surface area (Å²) in [5.41, 5.74) is 0.794. The fourth-order valence-electron chi connectivity index (χ4n) is 2.54. The summed E-state index contributed by atoms with van der Waals surface area (Å²) in [7, 11) is -2.25. The molecule has 1 aliphatic rings. The minimum atomic E-state index is -3.77. The molecule has 1 amide bonds. The molecule has 0 aliphatic heterocycles. The van der Waals surface area contributed by atoms with Crippen LogP contribution in [-0.4, -0.2) is 21.4 Å². The van der Waals surface area contributed by atoms with Gasteiger partial charge in [-0.05, 0) is 49.2 Å². The number of hydrogen-bond donors (Lipinski definition) is 2. The van der Waals surface area contributed by atoms with Crippen molar-refractivity contribution in [2.75, 3.05) is 17.1 Å². The molecule has 0 bridgehead atoms. The zero-order valence-electron chi connectivity index (χ0n) is 13.9. The third-order valence-electron chi connectivity index (χ3n) is 4.27. The van der Waals surface area contributed by atoms with Gasteiger partial charge in [-0.25, -0.2) is 8.42 Å². The quantitative estimate of drug-likeness (QED) is 0.828. The van der Waals surface area contributed by atoms with Gasteiger partial charge in [0.2, 0.25) is 5.91 Å². The average molecular weight is 360 g/mol. The van der Waals surface area contributed by atoms with Crippen molar-refractivity contribution in [1.29, 1.82) is 0 Å². The van der Waals surface area contributed by atoms with Crippen molar-refractivity contribution in [2.45, 2.75) is 24.2 Å². The van der Waals surface area contributed by atoms with Crippen LogP contribution in [0.2, 0.25) is 0 Å². The van der Waals surface area contributed by atoms with Crippen molar-refractivity contribution < 1.29 is 17.9 Å². The Labute approximate surface area is 147 Å². The Kier molecular flexibility index (Phi) is 4.94. The molecule has 2 aromatic rings. The summed E-state index contributed by atoms with van der Waals surface area (Å²) in [6.45, 7) is 0. The van der Waals surface area contributed by atoms with E-state index in [0.29, 0.717) is 17.1 Å². The summed E-state index contributed by atoms with van der Waals surface area (Å²) in [4.78, 5) is 12.3. The lowest BCUT2D eigenvalue weighted by molar-refractivity contribution is -0.122. The number of nitrogens with one attached hydrogen (secondary N) is 2. The first kappa shape index (κ1) is 17.3. The van der Waals surface area contributed by atoms with Gasteiger partial charge in [0.1, 0.15) is 5.75 Å². The van der Waals surface area contributed by atoms with Gasteiger partial charge in [-0.15, -0.1) is 0 Å². The number of sulfonamides is 1. The van der Waals surface area contributed by atoms with Crippen LogP contribution in [0.5, 0.6) is 5.75 Å². The van der Waals surface area contributed by atoms with E-state index in [0.717, 1.165) is 19.3 Å². The fraction of sp³-hybridized carbons (Fsp3) is 0.278. The molecule has 25 heavy (non-hydrogen) atoms. The van der Waals surface area contributed by atoms with Crippen LogP contribution in [0.1, 0.15) is 19.3 Å². The van der Waals surface area contributed by atoms with E-state index >= 15 is 0 Å². The topological polar surface area (TPSA) is 84.5 Å². The minimum Gasteiger partial charge on any atom is -0.497 e. The molecule has 0 unspecified atom stereocenters. The zero-order chi connectivity index (χ0) is 17.9. The summed E-state index contributed by atoms with van der Waals surface area (Å²) in [6.07, 6.45) is 2.82. The highest BCUT2D eigenvalue weighted by molar-refractivity contribution is 7.92. The van der Waals surface area contributed by atoms with E-state index in [-0.39, 0.29) is 16.7 Å². The first-order valence-corrected chi connectivity index (χ1v) is 9.55. The van der Waals surface area contributed by atoms with Crippen molar-refractivity contribution in [3.05, 3.63) is 48.5 Å². The molecule has 0 aromatic heterocycles. The molecule has 2 aromatic carbocycles. The molecule has 0 atom stereocenters. The summed E-state index contributed by atoms with van der Waals surface area (Å²) in [5.74, 6) is 0.528. The van der Waals surface area contributed by atoms with Crippen LogP contribution in [0.25, 0.3) is 0 Å². The number of benzene rings is 2. The maximum Gasteiger partial charge on any atom is 0.261 e. The highest BCUT2D eigenvalue weighted by Crippen LogP contribution is 2.30. The molecular formula is C18H20N2O4S. The highest BCUT2D eigenvalue weighted by atomic mass is 32.2. The van der Waals surface area contributed by atoms with Crippen molar-refractivity contribution in [1.82, 2.24) is 0 Å². The molecular weight excluding hydrogens is 340 g/mol. The Morgan fingerprint density at radius 1 is 1.04 bits per heavy atom. The molecule has 1 aliphatic carbocycles. The van der Waals surface area contributed by atoms with E-state index in [1.807, 2.05) is 0 Å². The van der Waals surface area contributed by atoms with Crippen LogP contribution in [0.15, 0.2) is 53.4 Å². The van der Waals surface area contributed by atoms with Gasteiger partial charge >= 0.3 is 0 Å². The van der Waals surface area contributed by atoms with Gasteiger partial charge in [-0.1, -0.05) is 18.6 Å². The predicted molar refractivity (Wildman–Crippen MR) is 96.2 cm³/mol. The maximum atomic E-state index is 12.6. The Morgan fingerprint density at radius 2 is 1.68 bits per heavy atom. The second-order valence-corrected chi connectivity index (χ2v) is 7.63. The molecule has 0 radical (unpaired) electrons. The number of amides is 1. The maximum absolute atomic E-state index is 12.6. The number of ether oxygens (including phenoxy) is 1. The molecule has 0 spiro atoms.